The Kier molecular flexibility index (Phi) is 6.26. The standard InChI is InChI=1S/C22H23N3O6S/c1-30-21-13-23-19-6-3-2-5-17(19)18(21)14-31-15-8-10-16(11-9-15)32(28,29)25-12-4-7-20(25)22(26)24-27/h2-3,5-6,8-11,13,20,27H,4,7,12,14H2,1H3,(H,24,26)/t20-/m1/s1. The highest BCUT2D eigenvalue weighted by Gasteiger charge is 2.39. The molecule has 1 aliphatic rings. The molecule has 10 heteroatoms. The number of methoxy groups -OCH3 is 1. The normalized spacial score (nSPS) is 16.8. The van der Waals surface area contributed by atoms with E-state index >= 15 is 0 Å². The van der Waals surface area contributed by atoms with Gasteiger partial charge in [-0.3, -0.25) is 15.0 Å². The van der Waals surface area contributed by atoms with E-state index in [1.165, 1.54) is 12.1 Å². The molecule has 32 heavy (non-hydrogen) atoms. The molecule has 0 spiro atoms. The number of pyridine rings is 1. The van der Waals surface area contributed by atoms with E-state index in [1.54, 1.807) is 30.9 Å². The summed E-state index contributed by atoms with van der Waals surface area (Å²) in [5.41, 5.74) is 3.20. The predicted molar refractivity (Wildman–Crippen MR) is 116 cm³/mol. The number of nitrogens with zero attached hydrogens (tertiary/aromatic N) is 2. The first-order valence-electron chi connectivity index (χ1n) is 10.0. The maximum atomic E-state index is 13.0. The first-order chi connectivity index (χ1) is 15.5. The van der Waals surface area contributed by atoms with Gasteiger partial charge in [0.1, 0.15) is 24.1 Å². The van der Waals surface area contributed by atoms with E-state index in [1.807, 2.05) is 24.3 Å². The number of carbonyl (C=O) groups excluding carboxylic acids is 1. The minimum atomic E-state index is -3.89. The van der Waals surface area contributed by atoms with E-state index < -0.39 is 22.0 Å². The SMILES string of the molecule is COc1cnc2ccccc2c1COc1ccc(S(=O)(=O)N2CCC[C@@H]2C(=O)NO)cc1. The molecule has 1 fully saturated rings. The number of aromatic nitrogens is 1. The number of hydrogen-bond acceptors (Lipinski definition) is 7. The average Bonchev–Trinajstić information content (AvgIpc) is 3.33. The van der Waals surface area contributed by atoms with Crippen LogP contribution in [0.5, 0.6) is 11.5 Å². The van der Waals surface area contributed by atoms with Crippen LogP contribution in [0.25, 0.3) is 10.9 Å². The molecule has 2 heterocycles. The number of carbonyl (C=O) groups is 1. The van der Waals surface area contributed by atoms with Gasteiger partial charge in [0.2, 0.25) is 10.0 Å². The van der Waals surface area contributed by atoms with Gasteiger partial charge in [-0.15, -0.1) is 0 Å². The van der Waals surface area contributed by atoms with Gasteiger partial charge in [-0.05, 0) is 43.2 Å². The largest absolute Gasteiger partial charge is 0.495 e. The molecular formula is C22H23N3O6S. The Morgan fingerprint density at radius 3 is 2.69 bits per heavy atom. The van der Waals surface area contributed by atoms with Gasteiger partial charge in [0.05, 0.1) is 23.7 Å². The molecule has 0 aliphatic carbocycles. The number of fused-ring (bicyclic) bond motifs is 1. The van der Waals surface area contributed by atoms with Crippen molar-refractivity contribution in [3.05, 3.63) is 60.3 Å². The summed E-state index contributed by atoms with van der Waals surface area (Å²) in [6.45, 7) is 0.427. The highest BCUT2D eigenvalue weighted by molar-refractivity contribution is 7.89. The lowest BCUT2D eigenvalue weighted by Gasteiger charge is -2.22. The fourth-order valence-corrected chi connectivity index (χ4v) is 5.52. The summed E-state index contributed by atoms with van der Waals surface area (Å²) in [5, 5.41) is 9.80. The van der Waals surface area contributed by atoms with Crippen molar-refractivity contribution in [3.63, 3.8) is 0 Å². The summed E-state index contributed by atoms with van der Waals surface area (Å²) in [4.78, 5) is 16.2. The Balaban J connectivity index is 1.53. The van der Waals surface area contributed by atoms with Crippen LogP contribution in [-0.4, -0.2) is 48.5 Å². The second kappa shape index (κ2) is 9.11. The van der Waals surface area contributed by atoms with E-state index in [4.69, 9.17) is 14.7 Å². The van der Waals surface area contributed by atoms with Crippen molar-refractivity contribution in [1.82, 2.24) is 14.8 Å². The lowest BCUT2D eigenvalue weighted by atomic mass is 10.1. The first kappa shape index (κ1) is 22.0. The quantitative estimate of drug-likeness (QED) is 0.413. The van der Waals surface area contributed by atoms with Gasteiger partial charge in [-0.1, -0.05) is 18.2 Å². The van der Waals surface area contributed by atoms with Crippen LogP contribution < -0.4 is 15.0 Å². The average molecular weight is 458 g/mol. The fourth-order valence-electron chi connectivity index (χ4n) is 3.87. The molecule has 1 amide bonds. The molecule has 2 N–H and O–H groups in total. The second-order valence-corrected chi connectivity index (χ2v) is 9.22. The monoisotopic (exact) mass is 457 g/mol. The molecule has 0 bridgehead atoms. The number of amides is 1. The van der Waals surface area contributed by atoms with Gasteiger partial charge in [-0.2, -0.15) is 4.31 Å². The van der Waals surface area contributed by atoms with Crippen LogP contribution in [0.4, 0.5) is 0 Å². The predicted octanol–water partition coefficient (Wildman–Crippen LogP) is 2.48. The second-order valence-electron chi connectivity index (χ2n) is 7.33. The maximum absolute atomic E-state index is 13.0. The third kappa shape index (κ3) is 4.12. The van der Waals surface area contributed by atoms with Crippen LogP contribution in [0.1, 0.15) is 18.4 Å². The Morgan fingerprint density at radius 1 is 1.22 bits per heavy atom. The number of sulfonamides is 1. The zero-order chi connectivity index (χ0) is 22.7. The van der Waals surface area contributed by atoms with Crippen molar-refractivity contribution in [3.8, 4) is 11.5 Å². The minimum Gasteiger partial charge on any atom is -0.495 e. The third-order valence-electron chi connectivity index (χ3n) is 5.50. The molecule has 9 nitrogen and oxygen atoms in total. The van der Waals surface area contributed by atoms with Gasteiger partial charge < -0.3 is 9.47 Å². The number of para-hydroxylation sites is 1. The molecule has 1 aromatic heterocycles. The van der Waals surface area contributed by atoms with E-state index in [0.29, 0.717) is 24.3 Å². The van der Waals surface area contributed by atoms with Crippen LogP contribution in [-0.2, 0) is 21.4 Å². The lowest BCUT2D eigenvalue weighted by Crippen LogP contribution is -2.44. The Morgan fingerprint density at radius 2 is 1.97 bits per heavy atom. The molecule has 0 unspecified atom stereocenters. The highest BCUT2D eigenvalue weighted by atomic mass is 32.2. The first-order valence-corrected chi connectivity index (χ1v) is 11.5. The Bertz CT molecular complexity index is 1230. The lowest BCUT2D eigenvalue weighted by molar-refractivity contribution is -0.132. The van der Waals surface area contributed by atoms with E-state index in [9.17, 15) is 13.2 Å². The van der Waals surface area contributed by atoms with Gasteiger partial charge in [-0.25, -0.2) is 13.9 Å². The molecule has 1 atom stereocenters. The topological polar surface area (TPSA) is 118 Å². The van der Waals surface area contributed by atoms with E-state index in [0.717, 1.165) is 20.8 Å². The molecule has 168 valence electrons. The molecule has 1 aliphatic heterocycles. The molecule has 0 saturated carbocycles. The Hall–Kier alpha value is -3.21. The molecule has 3 aromatic rings. The van der Waals surface area contributed by atoms with Crippen molar-refractivity contribution in [1.29, 1.82) is 0 Å². The summed E-state index contributed by atoms with van der Waals surface area (Å²) < 4.78 is 38.4. The summed E-state index contributed by atoms with van der Waals surface area (Å²) >= 11 is 0. The van der Waals surface area contributed by atoms with E-state index in [2.05, 4.69) is 4.98 Å². The summed E-state index contributed by atoms with van der Waals surface area (Å²) in [5.74, 6) is 0.354. The maximum Gasteiger partial charge on any atom is 0.261 e. The fraction of sp³-hybridized carbons (Fsp3) is 0.273. The number of hydroxylamine groups is 1. The van der Waals surface area contributed by atoms with Crippen LogP contribution in [0.2, 0.25) is 0 Å². The number of nitrogens with one attached hydrogen (secondary N) is 1. The summed E-state index contributed by atoms with van der Waals surface area (Å²) in [6, 6.07) is 12.8. The van der Waals surface area contributed by atoms with Crippen molar-refractivity contribution in [2.45, 2.75) is 30.4 Å². The molecule has 1 saturated heterocycles. The molecule has 4 rings (SSSR count). The zero-order valence-electron chi connectivity index (χ0n) is 17.4. The summed E-state index contributed by atoms with van der Waals surface area (Å²) in [6.07, 6.45) is 2.54. The van der Waals surface area contributed by atoms with Crippen LogP contribution in [0.15, 0.2) is 59.6 Å². The molecular weight excluding hydrogens is 434 g/mol. The van der Waals surface area contributed by atoms with Crippen molar-refractivity contribution >= 4 is 26.8 Å². The van der Waals surface area contributed by atoms with Gasteiger partial charge in [0, 0.05) is 17.5 Å². The van der Waals surface area contributed by atoms with Gasteiger partial charge in [0.15, 0.2) is 0 Å². The number of rotatable bonds is 7. The van der Waals surface area contributed by atoms with Crippen molar-refractivity contribution < 1.29 is 27.9 Å². The zero-order valence-corrected chi connectivity index (χ0v) is 18.2. The minimum absolute atomic E-state index is 0.0504. The number of ether oxygens (including phenoxy) is 2. The third-order valence-corrected chi connectivity index (χ3v) is 7.42. The Labute approximate surface area is 185 Å². The smallest absolute Gasteiger partial charge is 0.261 e. The van der Waals surface area contributed by atoms with Crippen LogP contribution >= 0.6 is 0 Å². The van der Waals surface area contributed by atoms with Crippen LogP contribution in [0.3, 0.4) is 0 Å². The van der Waals surface area contributed by atoms with Gasteiger partial charge in [0.25, 0.3) is 5.91 Å². The van der Waals surface area contributed by atoms with Crippen molar-refractivity contribution in [2.24, 2.45) is 0 Å². The molecule has 2 aromatic carbocycles. The van der Waals surface area contributed by atoms with Gasteiger partial charge >= 0.3 is 0 Å². The summed E-state index contributed by atoms with van der Waals surface area (Å²) in [7, 11) is -2.32. The molecule has 0 radical (unpaired) electrons. The van der Waals surface area contributed by atoms with Crippen molar-refractivity contribution in [2.75, 3.05) is 13.7 Å². The van der Waals surface area contributed by atoms with Crippen LogP contribution in [0, 0.1) is 0 Å². The highest BCUT2D eigenvalue weighted by Crippen LogP contribution is 2.29. The number of hydrogen-bond donors (Lipinski definition) is 2. The van der Waals surface area contributed by atoms with E-state index in [-0.39, 0.29) is 18.0 Å². The number of benzene rings is 2.